The highest BCUT2D eigenvalue weighted by Gasteiger charge is 2.19. The third-order valence-corrected chi connectivity index (χ3v) is 2.86. The van der Waals surface area contributed by atoms with Crippen LogP contribution in [0.4, 0.5) is 0 Å². The standard InChI is InChI=1S/C12H9BrO/c13-11-8-4-7-10(12(11)14)9-5-2-1-3-6-9/h1-8,11H. The van der Waals surface area contributed by atoms with Crippen molar-refractivity contribution < 1.29 is 4.79 Å². The topological polar surface area (TPSA) is 17.1 Å². The fourth-order valence-corrected chi connectivity index (χ4v) is 1.85. The van der Waals surface area contributed by atoms with Crippen molar-refractivity contribution in [3.8, 4) is 0 Å². The number of alkyl halides is 1. The van der Waals surface area contributed by atoms with Crippen molar-refractivity contribution in [3.63, 3.8) is 0 Å². The summed E-state index contributed by atoms with van der Waals surface area (Å²) in [5.41, 5.74) is 1.75. The van der Waals surface area contributed by atoms with Crippen LogP contribution >= 0.6 is 15.9 Å². The summed E-state index contributed by atoms with van der Waals surface area (Å²) in [7, 11) is 0. The summed E-state index contributed by atoms with van der Waals surface area (Å²) in [5.74, 6) is 0.124. The maximum Gasteiger partial charge on any atom is 0.180 e. The van der Waals surface area contributed by atoms with Gasteiger partial charge in [-0.3, -0.25) is 4.79 Å². The predicted octanol–water partition coefficient (Wildman–Crippen LogP) is 2.97. The molecule has 1 aromatic carbocycles. The zero-order valence-electron chi connectivity index (χ0n) is 7.48. The van der Waals surface area contributed by atoms with E-state index in [4.69, 9.17) is 0 Å². The van der Waals surface area contributed by atoms with Crippen LogP contribution in [0, 0.1) is 0 Å². The van der Waals surface area contributed by atoms with Crippen molar-refractivity contribution in [3.05, 3.63) is 54.1 Å². The number of carbonyl (C=O) groups excluding carboxylic acids is 1. The molecule has 0 aliphatic heterocycles. The van der Waals surface area contributed by atoms with Gasteiger partial charge in [0.2, 0.25) is 0 Å². The van der Waals surface area contributed by atoms with Crippen LogP contribution in [0.5, 0.6) is 0 Å². The van der Waals surface area contributed by atoms with Crippen molar-refractivity contribution in [1.29, 1.82) is 0 Å². The summed E-state index contributed by atoms with van der Waals surface area (Å²) >= 11 is 3.31. The lowest BCUT2D eigenvalue weighted by molar-refractivity contribution is -0.112. The van der Waals surface area contributed by atoms with Crippen molar-refractivity contribution in [1.82, 2.24) is 0 Å². The van der Waals surface area contributed by atoms with Gasteiger partial charge in [0.05, 0.1) is 4.83 Å². The monoisotopic (exact) mass is 248 g/mol. The molecule has 2 heteroatoms. The highest BCUT2D eigenvalue weighted by Crippen LogP contribution is 2.23. The number of hydrogen-bond acceptors (Lipinski definition) is 1. The summed E-state index contributed by atoms with van der Waals surface area (Å²) in [4.78, 5) is 11.6. The third-order valence-electron chi connectivity index (χ3n) is 2.14. The Kier molecular flexibility index (Phi) is 2.64. The number of halogens is 1. The molecule has 0 amide bonds. The molecule has 1 unspecified atom stereocenters. The van der Waals surface area contributed by atoms with E-state index in [0.29, 0.717) is 0 Å². The Morgan fingerprint density at radius 2 is 1.86 bits per heavy atom. The molecule has 1 aliphatic carbocycles. The van der Waals surface area contributed by atoms with Crippen LogP contribution in [0.15, 0.2) is 48.6 Å². The SMILES string of the molecule is O=C1C(c2ccccc2)=CC=CC1Br. The van der Waals surface area contributed by atoms with Gasteiger partial charge in [0.15, 0.2) is 5.78 Å². The lowest BCUT2D eigenvalue weighted by Crippen LogP contribution is -2.15. The Hall–Kier alpha value is -1.15. The Labute approximate surface area is 91.3 Å². The van der Waals surface area contributed by atoms with Crippen LogP contribution < -0.4 is 0 Å². The molecule has 1 nitrogen and oxygen atoms in total. The normalized spacial score (nSPS) is 20.8. The number of Topliss-reactive ketones (excluding diaryl/α,β-unsaturated/α-hetero) is 1. The quantitative estimate of drug-likeness (QED) is 0.699. The van der Waals surface area contributed by atoms with Gasteiger partial charge < -0.3 is 0 Å². The van der Waals surface area contributed by atoms with Crippen LogP contribution in [0.3, 0.4) is 0 Å². The first-order valence-electron chi connectivity index (χ1n) is 4.41. The Bertz CT molecular complexity index is 404. The first-order valence-corrected chi connectivity index (χ1v) is 5.33. The van der Waals surface area contributed by atoms with Crippen LogP contribution in [-0.2, 0) is 4.79 Å². The molecule has 0 saturated heterocycles. The molecule has 1 aromatic rings. The van der Waals surface area contributed by atoms with E-state index in [1.807, 2.05) is 48.6 Å². The summed E-state index contributed by atoms with van der Waals surface area (Å²) in [6.07, 6.45) is 5.60. The first-order chi connectivity index (χ1) is 6.79. The summed E-state index contributed by atoms with van der Waals surface area (Å²) in [6, 6.07) is 9.71. The van der Waals surface area contributed by atoms with Gasteiger partial charge in [-0.05, 0) is 5.56 Å². The summed E-state index contributed by atoms with van der Waals surface area (Å²) in [5, 5.41) is 0. The third kappa shape index (κ3) is 1.70. The summed E-state index contributed by atoms with van der Waals surface area (Å²) in [6.45, 7) is 0. The van der Waals surface area contributed by atoms with E-state index in [9.17, 15) is 4.79 Å². The van der Waals surface area contributed by atoms with Crippen LogP contribution in [0.1, 0.15) is 5.56 Å². The molecule has 1 aliphatic rings. The molecule has 0 radical (unpaired) electrons. The number of carbonyl (C=O) groups is 1. The van der Waals surface area contributed by atoms with Gasteiger partial charge in [0.1, 0.15) is 0 Å². The molecular formula is C12H9BrO. The van der Waals surface area contributed by atoms with Gasteiger partial charge in [0, 0.05) is 5.57 Å². The molecule has 70 valence electrons. The molecule has 0 spiro atoms. The van der Waals surface area contributed by atoms with E-state index in [1.54, 1.807) is 0 Å². The van der Waals surface area contributed by atoms with Crippen LogP contribution in [-0.4, -0.2) is 10.6 Å². The van der Waals surface area contributed by atoms with Gasteiger partial charge in [-0.2, -0.15) is 0 Å². The largest absolute Gasteiger partial charge is 0.293 e. The van der Waals surface area contributed by atoms with Gasteiger partial charge in [-0.1, -0.05) is 64.5 Å². The lowest BCUT2D eigenvalue weighted by atomic mass is 9.96. The Balaban J connectivity index is 2.40. The molecule has 0 aromatic heterocycles. The first kappa shape index (κ1) is 9.41. The lowest BCUT2D eigenvalue weighted by Gasteiger charge is -2.11. The number of hydrogen-bond donors (Lipinski definition) is 0. The van der Waals surface area contributed by atoms with Gasteiger partial charge >= 0.3 is 0 Å². The minimum Gasteiger partial charge on any atom is -0.293 e. The van der Waals surface area contributed by atoms with Crippen molar-refractivity contribution >= 4 is 27.3 Å². The van der Waals surface area contributed by atoms with E-state index in [2.05, 4.69) is 15.9 Å². The average molecular weight is 249 g/mol. The van der Waals surface area contributed by atoms with Crippen LogP contribution in [0.2, 0.25) is 0 Å². The number of allylic oxidation sites excluding steroid dienone is 4. The van der Waals surface area contributed by atoms with E-state index in [0.717, 1.165) is 11.1 Å². The maximum atomic E-state index is 11.8. The van der Waals surface area contributed by atoms with Crippen molar-refractivity contribution in [2.45, 2.75) is 4.83 Å². The zero-order valence-corrected chi connectivity index (χ0v) is 9.07. The van der Waals surface area contributed by atoms with E-state index in [1.165, 1.54) is 0 Å². The molecule has 0 saturated carbocycles. The van der Waals surface area contributed by atoms with Gasteiger partial charge in [-0.15, -0.1) is 0 Å². The molecule has 0 heterocycles. The second kappa shape index (κ2) is 3.93. The highest BCUT2D eigenvalue weighted by atomic mass is 79.9. The Morgan fingerprint density at radius 1 is 1.14 bits per heavy atom. The fourth-order valence-electron chi connectivity index (χ4n) is 1.42. The number of ketones is 1. The number of rotatable bonds is 1. The maximum absolute atomic E-state index is 11.8. The molecule has 1 atom stereocenters. The molecule has 0 bridgehead atoms. The van der Waals surface area contributed by atoms with Crippen LogP contribution in [0.25, 0.3) is 5.57 Å². The second-order valence-electron chi connectivity index (χ2n) is 3.10. The average Bonchev–Trinajstić information content (AvgIpc) is 2.23. The minimum atomic E-state index is -0.178. The van der Waals surface area contributed by atoms with Gasteiger partial charge in [-0.25, -0.2) is 0 Å². The minimum absolute atomic E-state index is 0.124. The fraction of sp³-hybridized carbons (Fsp3) is 0.0833. The van der Waals surface area contributed by atoms with E-state index >= 15 is 0 Å². The highest BCUT2D eigenvalue weighted by molar-refractivity contribution is 9.10. The molecular weight excluding hydrogens is 240 g/mol. The van der Waals surface area contributed by atoms with Crippen molar-refractivity contribution in [2.24, 2.45) is 0 Å². The smallest absolute Gasteiger partial charge is 0.180 e. The molecule has 2 rings (SSSR count). The predicted molar refractivity (Wildman–Crippen MR) is 61.3 cm³/mol. The molecule has 0 fully saturated rings. The second-order valence-corrected chi connectivity index (χ2v) is 4.08. The van der Waals surface area contributed by atoms with E-state index < -0.39 is 0 Å². The Morgan fingerprint density at radius 3 is 2.57 bits per heavy atom. The summed E-state index contributed by atoms with van der Waals surface area (Å²) < 4.78 is 0. The van der Waals surface area contributed by atoms with Gasteiger partial charge in [0.25, 0.3) is 0 Å². The van der Waals surface area contributed by atoms with E-state index in [-0.39, 0.29) is 10.6 Å². The molecule has 0 N–H and O–H groups in total. The van der Waals surface area contributed by atoms with Crippen molar-refractivity contribution in [2.75, 3.05) is 0 Å². The molecule has 14 heavy (non-hydrogen) atoms. The zero-order chi connectivity index (χ0) is 9.97. The number of benzene rings is 1.